The van der Waals surface area contributed by atoms with Gasteiger partial charge in [0, 0.05) is 15.9 Å². The van der Waals surface area contributed by atoms with Crippen LogP contribution in [-0.2, 0) is 20.8 Å². The van der Waals surface area contributed by atoms with Crippen LogP contribution in [0, 0.1) is 22.6 Å². The average molecular weight is 618 g/mol. The van der Waals surface area contributed by atoms with Gasteiger partial charge in [-0.1, -0.05) is 33.1 Å². The van der Waals surface area contributed by atoms with Gasteiger partial charge in [0.1, 0.15) is 16.8 Å². The Balaban J connectivity index is 0.000000782. The van der Waals surface area contributed by atoms with Gasteiger partial charge < -0.3 is 26.0 Å². The van der Waals surface area contributed by atoms with Gasteiger partial charge in [-0.05, 0) is 55.5 Å². The average Bonchev–Trinajstić information content (AvgIpc) is 3.36. The molecule has 2 aromatic rings. The third kappa shape index (κ3) is 9.82. The number of amides is 1. The molecule has 0 saturated heterocycles. The summed E-state index contributed by atoms with van der Waals surface area (Å²) in [4.78, 5) is 47.2. The molecule has 1 aromatic carbocycles. The first-order chi connectivity index (χ1) is 19.4. The van der Waals surface area contributed by atoms with E-state index in [2.05, 4.69) is 5.32 Å². The van der Waals surface area contributed by atoms with Gasteiger partial charge in [0.15, 0.2) is 11.6 Å². The van der Waals surface area contributed by atoms with Gasteiger partial charge in [-0.3, -0.25) is 10.2 Å². The molecule has 1 aromatic heterocycles. The molecule has 1 saturated carbocycles. The first-order valence-electron chi connectivity index (χ1n) is 12.7. The fourth-order valence-corrected chi connectivity index (χ4v) is 5.30. The van der Waals surface area contributed by atoms with E-state index in [1.165, 1.54) is 12.1 Å². The van der Waals surface area contributed by atoms with Gasteiger partial charge in [-0.15, -0.1) is 11.3 Å². The summed E-state index contributed by atoms with van der Waals surface area (Å²) in [6.45, 7) is 3.46. The molecule has 1 fully saturated rings. The molecule has 230 valence electrons. The minimum Gasteiger partial charge on any atom is -0.480 e. The molecule has 1 atom stereocenters. The van der Waals surface area contributed by atoms with E-state index in [1.54, 1.807) is 26.0 Å². The van der Waals surface area contributed by atoms with Gasteiger partial charge in [0.2, 0.25) is 5.91 Å². The van der Waals surface area contributed by atoms with Crippen molar-refractivity contribution in [3.05, 3.63) is 51.5 Å². The van der Waals surface area contributed by atoms with Gasteiger partial charge in [-0.25, -0.2) is 18.8 Å². The second-order valence-corrected chi connectivity index (χ2v) is 11.4. The van der Waals surface area contributed by atoms with Crippen molar-refractivity contribution in [1.29, 1.82) is 5.41 Å². The number of carboxylic acids is 2. The van der Waals surface area contributed by atoms with Crippen molar-refractivity contribution in [2.45, 2.75) is 64.6 Å². The number of ether oxygens (including phenoxy) is 1. The minimum absolute atomic E-state index is 0.0750. The van der Waals surface area contributed by atoms with E-state index in [0.29, 0.717) is 0 Å². The Morgan fingerprint density at radius 2 is 1.69 bits per heavy atom. The summed E-state index contributed by atoms with van der Waals surface area (Å²) < 4.78 is 51.1. The van der Waals surface area contributed by atoms with Crippen molar-refractivity contribution in [3.8, 4) is 5.75 Å². The maximum Gasteiger partial charge on any atom is 0.490 e. The Hall–Kier alpha value is -4.01. The molecule has 15 heteroatoms. The number of nitrogens with two attached hydrogens (primary N) is 1. The zero-order chi connectivity index (χ0) is 31.8. The number of nitrogens with one attached hydrogen (secondary N) is 2. The van der Waals surface area contributed by atoms with E-state index in [9.17, 15) is 37.1 Å². The minimum atomic E-state index is -5.08. The van der Waals surface area contributed by atoms with E-state index in [-0.39, 0.29) is 40.3 Å². The lowest BCUT2D eigenvalue weighted by atomic mass is 9.82. The zero-order valence-electron chi connectivity index (χ0n) is 22.7. The van der Waals surface area contributed by atoms with E-state index in [4.69, 9.17) is 25.8 Å². The van der Waals surface area contributed by atoms with Crippen molar-refractivity contribution in [1.82, 2.24) is 5.32 Å². The van der Waals surface area contributed by atoms with Gasteiger partial charge in [0.05, 0.1) is 0 Å². The standard InChI is InChI=1S/C25H30FN3O5S.C2HF3O2/c1-25(2,24(33)29-20(22(30)31)14-6-4-3-5-7-14)13-16-9-11-19(35-16)23(32)34-18-10-8-15(21(27)28)12-17(18)26;3-2(4,5)1(6)7/h8-12,14,20H,3-7,13H2,1-2H3,(H3,27,28)(H,29,33)(H,30,31);(H,6,7)/t20-;/m1./s1. The Kier molecular flexibility index (Phi) is 11.6. The van der Waals surface area contributed by atoms with Crippen LogP contribution in [0.5, 0.6) is 5.75 Å². The molecule has 0 radical (unpaired) electrons. The molecular weight excluding hydrogens is 586 g/mol. The second-order valence-electron chi connectivity index (χ2n) is 10.3. The summed E-state index contributed by atoms with van der Waals surface area (Å²) >= 11 is 1.12. The molecule has 1 aliphatic carbocycles. The first-order valence-corrected chi connectivity index (χ1v) is 13.5. The third-order valence-corrected chi connectivity index (χ3v) is 7.52. The van der Waals surface area contributed by atoms with Crippen molar-refractivity contribution in [2.75, 3.05) is 0 Å². The molecule has 1 heterocycles. The molecule has 1 aliphatic rings. The number of esters is 1. The molecule has 0 spiro atoms. The number of thiophene rings is 1. The molecule has 10 nitrogen and oxygen atoms in total. The number of hydrogen-bond donors (Lipinski definition) is 5. The number of carbonyl (C=O) groups excluding carboxylic acids is 2. The maximum atomic E-state index is 14.2. The van der Waals surface area contributed by atoms with Crippen LogP contribution >= 0.6 is 11.3 Å². The van der Waals surface area contributed by atoms with Crippen LogP contribution in [0.1, 0.15) is 66.1 Å². The highest BCUT2D eigenvalue weighted by Crippen LogP contribution is 2.31. The number of nitrogen functional groups attached to an aromatic ring is 1. The highest BCUT2D eigenvalue weighted by Gasteiger charge is 2.38. The van der Waals surface area contributed by atoms with Crippen LogP contribution in [0.15, 0.2) is 30.3 Å². The van der Waals surface area contributed by atoms with Crippen LogP contribution < -0.4 is 15.8 Å². The fraction of sp³-hybridized carbons (Fsp3) is 0.444. The van der Waals surface area contributed by atoms with Crippen LogP contribution in [-0.4, -0.2) is 52.1 Å². The van der Waals surface area contributed by atoms with Crippen molar-refractivity contribution >= 4 is 41.0 Å². The number of carboxylic acid groups (broad SMARTS) is 2. The van der Waals surface area contributed by atoms with Crippen LogP contribution in [0.4, 0.5) is 17.6 Å². The summed E-state index contributed by atoms with van der Waals surface area (Å²) in [7, 11) is 0. The normalized spacial score (nSPS) is 14.6. The summed E-state index contributed by atoms with van der Waals surface area (Å²) in [6.07, 6.45) is -0.214. The molecule has 1 amide bonds. The summed E-state index contributed by atoms with van der Waals surface area (Å²) in [6, 6.07) is 5.95. The molecule has 0 unspecified atom stereocenters. The van der Waals surface area contributed by atoms with Gasteiger partial charge >= 0.3 is 24.1 Å². The Morgan fingerprint density at radius 3 is 2.19 bits per heavy atom. The fourth-order valence-electron chi connectivity index (χ4n) is 4.19. The van der Waals surface area contributed by atoms with Crippen molar-refractivity contribution < 1.29 is 51.7 Å². The summed E-state index contributed by atoms with van der Waals surface area (Å²) in [5.41, 5.74) is 4.59. The number of benzene rings is 1. The number of amidine groups is 1. The SMILES string of the molecule is CC(C)(Cc1ccc(C(=O)Oc2ccc(C(=N)N)cc2F)s1)C(=O)N[C@@H](C(=O)O)C1CCCCC1.O=C(O)C(F)(F)F. The van der Waals surface area contributed by atoms with Crippen LogP contribution in [0.25, 0.3) is 0 Å². The lowest BCUT2D eigenvalue weighted by Crippen LogP contribution is -2.51. The quantitative estimate of drug-likeness (QED) is 0.0880. The lowest BCUT2D eigenvalue weighted by molar-refractivity contribution is -0.192. The molecule has 0 aliphatic heterocycles. The Morgan fingerprint density at radius 1 is 1.10 bits per heavy atom. The largest absolute Gasteiger partial charge is 0.490 e. The summed E-state index contributed by atoms with van der Waals surface area (Å²) in [5.74, 6) is -6.36. The molecule has 3 rings (SSSR count). The number of aliphatic carboxylic acids is 2. The molecule has 0 bridgehead atoms. The topological polar surface area (TPSA) is 180 Å². The number of carbonyl (C=O) groups is 4. The number of halogens is 4. The van der Waals surface area contributed by atoms with E-state index in [0.717, 1.165) is 54.4 Å². The van der Waals surface area contributed by atoms with Gasteiger partial charge in [-0.2, -0.15) is 13.2 Å². The third-order valence-electron chi connectivity index (χ3n) is 6.46. The number of hydrogen-bond acceptors (Lipinski definition) is 7. The second kappa shape index (κ2) is 14.2. The highest BCUT2D eigenvalue weighted by atomic mass is 32.1. The van der Waals surface area contributed by atoms with E-state index in [1.807, 2.05) is 0 Å². The van der Waals surface area contributed by atoms with Crippen LogP contribution in [0.2, 0.25) is 0 Å². The Bertz CT molecular complexity index is 1320. The highest BCUT2D eigenvalue weighted by molar-refractivity contribution is 7.14. The molecule has 42 heavy (non-hydrogen) atoms. The Labute approximate surface area is 242 Å². The van der Waals surface area contributed by atoms with Crippen LogP contribution in [0.3, 0.4) is 0 Å². The smallest absolute Gasteiger partial charge is 0.480 e. The summed E-state index contributed by atoms with van der Waals surface area (Å²) in [5, 5.41) is 26.9. The first kappa shape index (κ1) is 34.2. The van der Waals surface area contributed by atoms with Gasteiger partial charge in [0.25, 0.3) is 0 Å². The monoisotopic (exact) mass is 617 g/mol. The number of rotatable bonds is 9. The predicted octanol–water partition coefficient (Wildman–Crippen LogP) is 4.74. The zero-order valence-corrected chi connectivity index (χ0v) is 23.5. The molecular formula is C27H31F4N3O7S. The molecule has 6 N–H and O–H groups in total. The lowest BCUT2D eigenvalue weighted by Gasteiger charge is -2.31. The predicted molar refractivity (Wildman–Crippen MR) is 144 cm³/mol. The van der Waals surface area contributed by atoms with Crippen molar-refractivity contribution in [2.24, 2.45) is 17.1 Å². The maximum absolute atomic E-state index is 14.2. The number of alkyl halides is 3. The van der Waals surface area contributed by atoms with E-state index < -0.39 is 41.4 Å². The van der Waals surface area contributed by atoms with Crippen molar-refractivity contribution in [3.63, 3.8) is 0 Å². The van der Waals surface area contributed by atoms with E-state index >= 15 is 0 Å².